The van der Waals surface area contributed by atoms with E-state index < -0.39 is 5.97 Å². The Hall–Kier alpha value is -2.08. The fourth-order valence-electron chi connectivity index (χ4n) is 1.69. The van der Waals surface area contributed by atoms with Crippen LogP contribution < -0.4 is 5.32 Å². The third kappa shape index (κ3) is 4.24. The fourth-order valence-corrected chi connectivity index (χ4v) is 2.09. The summed E-state index contributed by atoms with van der Waals surface area (Å²) in [5.74, 6) is -0.255. The van der Waals surface area contributed by atoms with Gasteiger partial charge in [0.1, 0.15) is 5.82 Å². The molecule has 2 aromatic rings. The van der Waals surface area contributed by atoms with Crippen LogP contribution in [-0.4, -0.2) is 27.3 Å². The minimum absolute atomic E-state index is 0.101. The van der Waals surface area contributed by atoms with E-state index >= 15 is 0 Å². The van der Waals surface area contributed by atoms with Gasteiger partial charge in [0, 0.05) is 12.6 Å². The van der Waals surface area contributed by atoms with Crippen LogP contribution in [0.4, 0.5) is 5.82 Å². The van der Waals surface area contributed by atoms with Gasteiger partial charge in [-0.1, -0.05) is 42.1 Å². The number of rotatable bonds is 6. The second-order valence-corrected chi connectivity index (χ2v) is 4.91. The summed E-state index contributed by atoms with van der Waals surface area (Å²) >= 11 is 1.39. The van der Waals surface area contributed by atoms with Crippen LogP contribution in [-0.2, 0) is 17.8 Å². The molecule has 0 aliphatic carbocycles. The summed E-state index contributed by atoms with van der Waals surface area (Å²) in [7, 11) is 0. The Morgan fingerprint density at radius 2 is 2.05 bits per heavy atom. The highest BCUT2D eigenvalue weighted by atomic mass is 32.2. The zero-order valence-electron chi connectivity index (χ0n) is 11.0. The number of carboxylic acid groups (broad SMARTS) is 1. The molecule has 0 unspecified atom stereocenters. The summed E-state index contributed by atoms with van der Waals surface area (Å²) in [6.07, 6.45) is 1.76. The highest BCUT2D eigenvalue weighted by Crippen LogP contribution is 2.15. The van der Waals surface area contributed by atoms with Crippen molar-refractivity contribution in [1.29, 1.82) is 0 Å². The lowest BCUT2D eigenvalue weighted by Gasteiger charge is -2.08. The highest BCUT2D eigenvalue weighted by molar-refractivity contribution is 7.98. The zero-order valence-corrected chi connectivity index (χ0v) is 11.9. The van der Waals surface area contributed by atoms with E-state index in [-0.39, 0.29) is 6.42 Å². The molecule has 20 heavy (non-hydrogen) atoms. The van der Waals surface area contributed by atoms with Gasteiger partial charge in [-0.25, -0.2) is 9.97 Å². The van der Waals surface area contributed by atoms with E-state index in [2.05, 4.69) is 15.3 Å². The molecule has 0 aliphatic rings. The summed E-state index contributed by atoms with van der Waals surface area (Å²) < 4.78 is 0. The predicted molar refractivity (Wildman–Crippen MR) is 78.9 cm³/mol. The average Bonchev–Trinajstić information content (AvgIpc) is 2.45. The maximum absolute atomic E-state index is 10.8. The molecule has 1 aromatic carbocycles. The first-order chi connectivity index (χ1) is 9.67. The monoisotopic (exact) mass is 289 g/mol. The molecule has 0 atom stereocenters. The third-order valence-corrected chi connectivity index (χ3v) is 3.14. The molecule has 1 heterocycles. The zero-order chi connectivity index (χ0) is 14.4. The van der Waals surface area contributed by atoms with Crippen molar-refractivity contribution in [3.8, 4) is 0 Å². The van der Waals surface area contributed by atoms with Crippen LogP contribution in [0.25, 0.3) is 0 Å². The van der Waals surface area contributed by atoms with Crippen molar-refractivity contribution in [2.45, 2.75) is 18.1 Å². The molecule has 0 aliphatic heterocycles. The number of anilines is 1. The van der Waals surface area contributed by atoms with Crippen LogP contribution in [0.1, 0.15) is 11.3 Å². The summed E-state index contributed by atoms with van der Waals surface area (Å²) in [5.41, 5.74) is 1.64. The van der Waals surface area contributed by atoms with Gasteiger partial charge < -0.3 is 10.4 Å². The maximum atomic E-state index is 10.8. The number of carbonyl (C=O) groups is 1. The Balaban J connectivity index is 2.12. The molecule has 0 amide bonds. The molecule has 0 fully saturated rings. The molecule has 0 bridgehead atoms. The van der Waals surface area contributed by atoms with Crippen molar-refractivity contribution in [3.63, 3.8) is 0 Å². The number of hydrogen-bond acceptors (Lipinski definition) is 5. The lowest BCUT2D eigenvalue weighted by atomic mass is 10.2. The summed E-state index contributed by atoms with van der Waals surface area (Å²) in [6, 6.07) is 11.6. The highest BCUT2D eigenvalue weighted by Gasteiger charge is 2.07. The molecule has 2 N–H and O–H groups in total. The molecule has 6 heteroatoms. The topological polar surface area (TPSA) is 75.1 Å². The van der Waals surface area contributed by atoms with Gasteiger partial charge in [-0.3, -0.25) is 4.79 Å². The molecule has 1 aromatic heterocycles. The van der Waals surface area contributed by atoms with Crippen molar-refractivity contribution in [2.24, 2.45) is 0 Å². The van der Waals surface area contributed by atoms with E-state index in [4.69, 9.17) is 5.11 Å². The van der Waals surface area contributed by atoms with Gasteiger partial charge in [-0.15, -0.1) is 0 Å². The first-order valence-corrected chi connectivity index (χ1v) is 7.31. The van der Waals surface area contributed by atoms with Gasteiger partial charge in [-0.2, -0.15) is 0 Å². The maximum Gasteiger partial charge on any atom is 0.309 e. The fraction of sp³-hybridized carbons (Fsp3) is 0.214. The van der Waals surface area contributed by atoms with Gasteiger partial charge in [-0.05, 0) is 11.8 Å². The molecule has 5 nitrogen and oxygen atoms in total. The minimum atomic E-state index is -0.898. The van der Waals surface area contributed by atoms with Gasteiger partial charge in [0.2, 0.25) is 0 Å². The quantitative estimate of drug-likeness (QED) is 0.628. The Morgan fingerprint density at radius 3 is 2.70 bits per heavy atom. The third-order valence-electron chi connectivity index (χ3n) is 2.59. The second kappa shape index (κ2) is 6.91. The van der Waals surface area contributed by atoms with Gasteiger partial charge in [0.15, 0.2) is 5.16 Å². The van der Waals surface area contributed by atoms with Crippen LogP contribution in [0, 0.1) is 0 Å². The van der Waals surface area contributed by atoms with E-state index in [0.29, 0.717) is 23.2 Å². The van der Waals surface area contributed by atoms with Crippen LogP contribution in [0.5, 0.6) is 0 Å². The predicted octanol–water partition coefficient (Wildman–Crippen LogP) is 2.44. The number of aliphatic carboxylic acids is 1. The molecule has 0 saturated heterocycles. The summed E-state index contributed by atoms with van der Waals surface area (Å²) in [5, 5.41) is 12.6. The molecular formula is C14H15N3O2S. The van der Waals surface area contributed by atoms with Crippen molar-refractivity contribution in [2.75, 3.05) is 11.6 Å². The number of carboxylic acids is 1. The van der Waals surface area contributed by atoms with Gasteiger partial charge >= 0.3 is 5.97 Å². The number of nitrogens with one attached hydrogen (secondary N) is 1. The second-order valence-electron chi connectivity index (χ2n) is 4.14. The van der Waals surface area contributed by atoms with Crippen LogP contribution >= 0.6 is 11.8 Å². The smallest absolute Gasteiger partial charge is 0.309 e. The molecular weight excluding hydrogens is 274 g/mol. The molecule has 0 radical (unpaired) electrons. The van der Waals surface area contributed by atoms with Crippen LogP contribution in [0.2, 0.25) is 0 Å². The number of aromatic nitrogens is 2. The normalized spacial score (nSPS) is 10.2. The lowest BCUT2D eigenvalue weighted by molar-refractivity contribution is -0.136. The van der Waals surface area contributed by atoms with Gasteiger partial charge in [0.25, 0.3) is 0 Å². The Morgan fingerprint density at radius 1 is 1.30 bits per heavy atom. The van der Waals surface area contributed by atoms with Gasteiger partial charge in [0.05, 0.1) is 12.1 Å². The number of nitrogens with zero attached hydrogens (tertiary/aromatic N) is 2. The van der Waals surface area contributed by atoms with E-state index in [1.807, 2.05) is 36.6 Å². The molecule has 0 spiro atoms. The SMILES string of the molecule is CSc1nc(CC(=O)O)cc(NCc2ccccc2)n1. The Labute approximate surface area is 121 Å². The lowest BCUT2D eigenvalue weighted by Crippen LogP contribution is -2.07. The van der Waals surface area contributed by atoms with Crippen molar-refractivity contribution < 1.29 is 9.90 Å². The van der Waals surface area contributed by atoms with Crippen LogP contribution in [0.15, 0.2) is 41.6 Å². The Bertz CT molecular complexity index is 590. The molecule has 2 rings (SSSR count). The van der Waals surface area contributed by atoms with Crippen molar-refractivity contribution in [1.82, 2.24) is 9.97 Å². The van der Waals surface area contributed by atoms with Crippen molar-refractivity contribution >= 4 is 23.5 Å². The first kappa shape index (κ1) is 14.3. The number of thioether (sulfide) groups is 1. The standard InChI is InChI=1S/C14H15N3O2S/c1-20-14-16-11(8-13(18)19)7-12(17-14)15-9-10-5-3-2-4-6-10/h2-7H,8-9H2,1H3,(H,18,19)(H,15,16,17). The largest absolute Gasteiger partial charge is 0.481 e. The van der Waals surface area contributed by atoms with E-state index in [0.717, 1.165) is 5.56 Å². The minimum Gasteiger partial charge on any atom is -0.481 e. The Kier molecular flexibility index (Phi) is 4.95. The summed E-state index contributed by atoms with van der Waals surface area (Å²) in [4.78, 5) is 19.3. The van der Waals surface area contributed by atoms with E-state index in [1.165, 1.54) is 11.8 Å². The number of benzene rings is 1. The van der Waals surface area contributed by atoms with E-state index in [9.17, 15) is 4.79 Å². The van der Waals surface area contributed by atoms with Crippen LogP contribution in [0.3, 0.4) is 0 Å². The first-order valence-electron chi connectivity index (χ1n) is 6.09. The van der Waals surface area contributed by atoms with Crippen molar-refractivity contribution in [3.05, 3.63) is 47.7 Å². The van der Waals surface area contributed by atoms with E-state index in [1.54, 1.807) is 6.07 Å². The number of hydrogen-bond donors (Lipinski definition) is 2. The molecule has 0 saturated carbocycles. The molecule has 104 valence electrons. The average molecular weight is 289 g/mol. The summed E-state index contributed by atoms with van der Waals surface area (Å²) in [6.45, 7) is 0.637.